The van der Waals surface area contributed by atoms with E-state index in [-0.39, 0.29) is 15.8 Å². The standard InChI is InChI=1S/C20H20Cl3N3O3/c1-20(2,3)29-19(27)24-10-7-13(21)16(14(22)8-10)28-18-11-5-4-9-6-12(9)15(11)17(23)25-26-18/h7-9,12H,4-6H2,1-3H3,(H,24,27). The molecule has 0 spiro atoms. The molecule has 6 nitrogen and oxygen atoms in total. The summed E-state index contributed by atoms with van der Waals surface area (Å²) in [5.74, 6) is 1.74. The lowest BCUT2D eigenvalue weighted by molar-refractivity contribution is 0.0636. The Hall–Kier alpha value is -1.76. The van der Waals surface area contributed by atoms with Crippen molar-refractivity contribution in [2.75, 3.05) is 5.32 Å². The molecule has 1 fully saturated rings. The molecule has 2 aliphatic carbocycles. The average Bonchev–Trinajstić information content (AvgIpc) is 3.37. The highest BCUT2D eigenvalue weighted by Crippen LogP contribution is 2.57. The van der Waals surface area contributed by atoms with E-state index in [1.807, 2.05) is 0 Å². The average molecular weight is 457 g/mol. The number of hydrogen-bond donors (Lipinski definition) is 1. The fraction of sp³-hybridized carbons (Fsp3) is 0.450. The molecule has 154 valence electrons. The van der Waals surface area contributed by atoms with Crippen LogP contribution in [0.5, 0.6) is 11.6 Å². The van der Waals surface area contributed by atoms with Crippen LogP contribution in [0.25, 0.3) is 0 Å². The van der Waals surface area contributed by atoms with E-state index in [2.05, 4.69) is 15.5 Å². The second kappa shape index (κ2) is 7.49. The number of amides is 1. The molecule has 1 N–H and O–H groups in total. The molecule has 2 unspecified atom stereocenters. The monoisotopic (exact) mass is 455 g/mol. The van der Waals surface area contributed by atoms with Gasteiger partial charge in [0, 0.05) is 16.8 Å². The number of fused-ring (bicyclic) bond motifs is 3. The van der Waals surface area contributed by atoms with Crippen LogP contribution in [-0.4, -0.2) is 21.9 Å². The van der Waals surface area contributed by atoms with Crippen LogP contribution in [-0.2, 0) is 11.2 Å². The summed E-state index contributed by atoms with van der Waals surface area (Å²) in [5.41, 5.74) is 1.77. The van der Waals surface area contributed by atoms with Crippen molar-refractivity contribution in [1.82, 2.24) is 10.2 Å². The summed E-state index contributed by atoms with van der Waals surface area (Å²) < 4.78 is 11.2. The Bertz CT molecular complexity index is 968. The maximum atomic E-state index is 12.0. The van der Waals surface area contributed by atoms with Crippen molar-refractivity contribution in [3.05, 3.63) is 38.5 Å². The predicted molar refractivity (Wildman–Crippen MR) is 113 cm³/mol. The Morgan fingerprint density at radius 2 is 1.86 bits per heavy atom. The second-order valence-corrected chi connectivity index (χ2v) is 9.50. The van der Waals surface area contributed by atoms with Gasteiger partial charge in [-0.05, 0) is 64.0 Å². The molecule has 2 aliphatic rings. The van der Waals surface area contributed by atoms with Crippen molar-refractivity contribution < 1.29 is 14.3 Å². The molecule has 1 saturated carbocycles. The van der Waals surface area contributed by atoms with Crippen molar-refractivity contribution in [2.45, 2.75) is 51.6 Å². The van der Waals surface area contributed by atoms with Gasteiger partial charge in [0.15, 0.2) is 10.9 Å². The summed E-state index contributed by atoms with van der Waals surface area (Å²) in [6.45, 7) is 5.34. The van der Waals surface area contributed by atoms with Crippen molar-refractivity contribution in [3.63, 3.8) is 0 Å². The van der Waals surface area contributed by atoms with Crippen LogP contribution in [0, 0.1) is 5.92 Å². The number of benzene rings is 1. The van der Waals surface area contributed by atoms with Gasteiger partial charge in [0.05, 0.1) is 10.0 Å². The molecule has 2 aromatic rings. The molecule has 0 radical (unpaired) electrons. The van der Waals surface area contributed by atoms with E-state index in [0.29, 0.717) is 28.6 Å². The summed E-state index contributed by atoms with van der Waals surface area (Å²) in [4.78, 5) is 12.0. The van der Waals surface area contributed by atoms with E-state index in [0.717, 1.165) is 30.4 Å². The fourth-order valence-corrected chi connectivity index (χ4v) is 4.50. The van der Waals surface area contributed by atoms with Crippen LogP contribution in [0.15, 0.2) is 12.1 Å². The van der Waals surface area contributed by atoms with Crippen LogP contribution in [0.4, 0.5) is 10.5 Å². The van der Waals surface area contributed by atoms with Gasteiger partial charge < -0.3 is 9.47 Å². The quantitative estimate of drug-likeness (QED) is 0.561. The minimum Gasteiger partial charge on any atom is -0.444 e. The number of ether oxygens (including phenoxy) is 2. The maximum absolute atomic E-state index is 12.0. The van der Waals surface area contributed by atoms with Crippen molar-refractivity contribution >= 4 is 46.6 Å². The highest BCUT2D eigenvalue weighted by Gasteiger charge is 2.45. The van der Waals surface area contributed by atoms with E-state index in [1.54, 1.807) is 32.9 Å². The van der Waals surface area contributed by atoms with Crippen LogP contribution >= 0.6 is 34.8 Å². The molecule has 1 aromatic heterocycles. The fourth-order valence-electron chi connectivity index (χ4n) is 3.64. The van der Waals surface area contributed by atoms with Gasteiger partial charge in [-0.1, -0.05) is 34.8 Å². The second-order valence-electron chi connectivity index (χ2n) is 8.33. The smallest absolute Gasteiger partial charge is 0.412 e. The van der Waals surface area contributed by atoms with Crippen LogP contribution in [0.1, 0.15) is 50.7 Å². The third-order valence-corrected chi connectivity index (χ3v) is 5.78. The van der Waals surface area contributed by atoms with Gasteiger partial charge in [-0.15, -0.1) is 10.2 Å². The first kappa shape index (κ1) is 20.5. The van der Waals surface area contributed by atoms with Crippen molar-refractivity contribution in [3.8, 4) is 11.6 Å². The minimum atomic E-state index is -0.617. The summed E-state index contributed by atoms with van der Waals surface area (Å²) in [6.07, 6.45) is 2.44. The molecule has 1 heterocycles. The number of carbonyl (C=O) groups is 1. The first-order valence-corrected chi connectivity index (χ1v) is 10.5. The zero-order valence-corrected chi connectivity index (χ0v) is 18.5. The Morgan fingerprint density at radius 1 is 1.17 bits per heavy atom. The van der Waals surface area contributed by atoms with Gasteiger partial charge in [0.25, 0.3) is 0 Å². The lowest BCUT2D eigenvalue weighted by Crippen LogP contribution is -2.27. The highest BCUT2D eigenvalue weighted by molar-refractivity contribution is 6.37. The number of aromatic nitrogens is 2. The zero-order valence-electron chi connectivity index (χ0n) is 16.2. The lowest BCUT2D eigenvalue weighted by Gasteiger charge is -2.20. The van der Waals surface area contributed by atoms with Gasteiger partial charge >= 0.3 is 6.09 Å². The third-order valence-electron chi connectivity index (χ3n) is 4.93. The number of nitrogens with one attached hydrogen (secondary N) is 1. The summed E-state index contributed by atoms with van der Waals surface area (Å²) in [7, 11) is 0. The van der Waals surface area contributed by atoms with E-state index in [9.17, 15) is 4.79 Å². The third kappa shape index (κ3) is 4.39. The molecule has 0 aliphatic heterocycles. The zero-order chi connectivity index (χ0) is 20.9. The predicted octanol–water partition coefficient (Wildman–Crippen LogP) is 6.63. The first-order valence-electron chi connectivity index (χ1n) is 9.34. The van der Waals surface area contributed by atoms with E-state index < -0.39 is 11.7 Å². The van der Waals surface area contributed by atoms with Gasteiger partial charge in [0.1, 0.15) is 5.60 Å². The number of carbonyl (C=O) groups excluding carboxylic acids is 1. The highest BCUT2D eigenvalue weighted by atomic mass is 35.5. The molecular formula is C20H20Cl3N3O3. The van der Waals surface area contributed by atoms with Gasteiger partial charge in [-0.2, -0.15) is 0 Å². The summed E-state index contributed by atoms with van der Waals surface area (Å²) in [6, 6.07) is 3.08. The Morgan fingerprint density at radius 3 is 2.52 bits per heavy atom. The van der Waals surface area contributed by atoms with Gasteiger partial charge in [-0.25, -0.2) is 4.79 Å². The number of hydrogen-bond acceptors (Lipinski definition) is 5. The summed E-state index contributed by atoms with van der Waals surface area (Å²) >= 11 is 19.0. The molecule has 1 amide bonds. The van der Waals surface area contributed by atoms with Gasteiger partial charge in [-0.3, -0.25) is 5.32 Å². The molecular weight excluding hydrogens is 437 g/mol. The SMILES string of the molecule is CC(C)(C)OC(=O)Nc1cc(Cl)c(Oc2nnc(Cl)c3c2CCC2CC32)c(Cl)c1. The molecule has 2 atom stereocenters. The van der Waals surface area contributed by atoms with Crippen LogP contribution in [0.2, 0.25) is 15.2 Å². The van der Waals surface area contributed by atoms with E-state index in [4.69, 9.17) is 44.3 Å². The maximum Gasteiger partial charge on any atom is 0.412 e. The molecule has 9 heteroatoms. The Balaban J connectivity index is 1.58. The minimum absolute atomic E-state index is 0.231. The normalized spacial score (nSPS) is 19.8. The molecule has 4 rings (SSSR count). The Labute approximate surface area is 183 Å². The Kier molecular flexibility index (Phi) is 5.30. The first-order chi connectivity index (χ1) is 13.6. The van der Waals surface area contributed by atoms with E-state index >= 15 is 0 Å². The lowest BCUT2D eigenvalue weighted by atomic mass is 9.94. The van der Waals surface area contributed by atoms with Gasteiger partial charge in [0.2, 0.25) is 5.88 Å². The van der Waals surface area contributed by atoms with Crippen molar-refractivity contribution in [2.24, 2.45) is 5.92 Å². The van der Waals surface area contributed by atoms with E-state index in [1.165, 1.54) is 0 Å². The largest absolute Gasteiger partial charge is 0.444 e. The number of rotatable bonds is 3. The molecule has 1 aromatic carbocycles. The molecule has 0 bridgehead atoms. The number of halogens is 3. The molecule has 29 heavy (non-hydrogen) atoms. The topological polar surface area (TPSA) is 73.3 Å². The van der Waals surface area contributed by atoms with Crippen LogP contribution < -0.4 is 10.1 Å². The van der Waals surface area contributed by atoms with Crippen LogP contribution in [0.3, 0.4) is 0 Å². The summed E-state index contributed by atoms with van der Waals surface area (Å²) in [5, 5.41) is 11.7. The molecule has 0 saturated heterocycles. The van der Waals surface area contributed by atoms with Crippen molar-refractivity contribution in [1.29, 1.82) is 0 Å². The number of anilines is 1. The number of nitrogens with zero attached hydrogens (tertiary/aromatic N) is 2.